The van der Waals surface area contributed by atoms with Crippen LogP contribution in [0, 0.1) is 0 Å². The van der Waals surface area contributed by atoms with Crippen molar-refractivity contribution in [3.8, 4) is 5.75 Å². The topological polar surface area (TPSA) is 87.1 Å². The second kappa shape index (κ2) is 5.63. The number of hydrogen-bond acceptors (Lipinski definition) is 4. The van der Waals surface area contributed by atoms with E-state index >= 15 is 0 Å². The molecule has 1 aromatic rings. The quantitative estimate of drug-likeness (QED) is 0.895. The number of phenolic OH excluding ortho intramolecular Hbond substituents is 1. The Bertz CT molecular complexity index is 532. The average molecular weight is 295 g/mol. The highest BCUT2D eigenvalue weighted by molar-refractivity contribution is 5.85. The molecule has 1 amide bonds. The summed E-state index contributed by atoms with van der Waals surface area (Å²) in [5.74, 6) is -1.17. The summed E-state index contributed by atoms with van der Waals surface area (Å²) in [4.78, 5) is 24.9. The van der Waals surface area contributed by atoms with Crippen LogP contribution in [0.15, 0.2) is 24.3 Å². The molecule has 116 valence electrons. The number of nitrogens with zero attached hydrogens (tertiary/aromatic N) is 1. The molecule has 0 saturated heterocycles. The van der Waals surface area contributed by atoms with Gasteiger partial charge in [0.15, 0.2) is 5.54 Å². The molecule has 1 aromatic carbocycles. The number of aliphatic carboxylic acids is 1. The summed E-state index contributed by atoms with van der Waals surface area (Å²) in [6, 6.07) is 5.67. The van der Waals surface area contributed by atoms with Crippen LogP contribution in [0.2, 0.25) is 0 Å². The molecule has 21 heavy (non-hydrogen) atoms. The molecular formula is C15H21NO5. The lowest BCUT2D eigenvalue weighted by atomic mass is 9.90. The first-order valence-electron chi connectivity index (χ1n) is 6.48. The fraction of sp³-hybridized carbons (Fsp3) is 0.467. The van der Waals surface area contributed by atoms with Gasteiger partial charge in [0.25, 0.3) is 0 Å². The number of benzene rings is 1. The van der Waals surface area contributed by atoms with Crippen molar-refractivity contribution in [2.45, 2.75) is 38.8 Å². The second-order valence-electron chi connectivity index (χ2n) is 5.96. The number of hydrogen-bond donors (Lipinski definition) is 2. The maximum Gasteiger partial charge on any atom is 0.411 e. The first-order chi connectivity index (χ1) is 9.48. The van der Waals surface area contributed by atoms with Gasteiger partial charge in [0.05, 0.1) is 0 Å². The molecule has 1 rings (SSSR count). The lowest BCUT2D eigenvalue weighted by Crippen LogP contribution is -2.51. The Kier molecular flexibility index (Phi) is 4.51. The maximum atomic E-state index is 12.1. The Balaban J connectivity index is 3.19. The van der Waals surface area contributed by atoms with Crippen LogP contribution >= 0.6 is 0 Å². The monoisotopic (exact) mass is 295 g/mol. The summed E-state index contributed by atoms with van der Waals surface area (Å²) in [5, 5.41) is 18.9. The minimum absolute atomic E-state index is 0.0198. The van der Waals surface area contributed by atoms with Crippen molar-refractivity contribution in [3.05, 3.63) is 29.8 Å². The summed E-state index contributed by atoms with van der Waals surface area (Å²) in [6.07, 6.45) is -0.736. The number of rotatable bonds is 3. The number of carboxylic acid groups (broad SMARTS) is 1. The average Bonchev–Trinajstić information content (AvgIpc) is 2.35. The third kappa shape index (κ3) is 3.65. The zero-order valence-electron chi connectivity index (χ0n) is 12.9. The number of carbonyl (C=O) groups is 2. The zero-order chi connectivity index (χ0) is 16.4. The molecular weight excluding hydrogens is 274 g/mol. The number of carboxylic acids is 1. The Morgan fingerprint density at radius 1 is 1.10 bits per heavy atom. The van der Waals surface area contributed by atoms with Crippen LogP contribution < -0.4 is 0 Å². The Hall–Kier alpha value is -2.24. The van der Waals surface area contributed by atoms with Crippen molar-refractivity contribution in [1.29, 1.82) is 0 Å². The molecule has 1 atom stereocenters. The molecule has 6 nitrogen and oxygen atoms in total. The minimum atomic E-state index is -1.60. The van der Waals surface area contributed by atoms with E-state index < -0.39 is 23.2 Å². The number of ether oxygens (including phenoxy) is 1. The van der Waals surface area contributed by atoms with E-state index in [1.54, 1.807) is 20.8 Å². The lowest BCUT2D eigenvalue weighted by Gasteiger charge is -2.36. The van der Waals surface area contributed by atoms with E-state index in [2.05, 4.69) is 0 Å². The van der Waals surface area contributed by atoms with E-state index in [9.17, 15) is 19.8 Å². The van der Waals surface area contributed by atoms with Gasteiger partial charge in [-0.1, -0.05) is 12.1 Å². The number of phenols is 1. The van der Waals surface area contributed by atoms with Gasteiger partial charge in [0, 0.05) is 7.05 Å². The molecule has 6 heteroatoms. The van der Waals surface area contributed by atoms with Gasteiger partial charge in [-0.3, -0.25) is 4.90 Å². The van der Waals surface area contributed by atoms with Crippen LogP contribution in [0.25, 0.3) is 0 Å². The number of likely N-dealkylation sites (N-methyl/N-ethyl adjacent to an activating group) is 1. The number of carbonyl (C=O) groups excluding carboxylic acids is 1. The molecule has 0 aliphatic carbocycles. The Morgan fingerprint density at radius 2 is 1.57 bits per heavy atom. The van der Waals surface area contributed by atoms with Crippen molar-refractivity contribution in [2.75, 3.05) is 7.05 Å². The van der Waals surface area contributed by atoms with Crippen molar-refractivity contribution >= 4 is 12.1 Å². The SMILES string of the molecule is CN(C(=O)OC(C)(C)C)C(C)(C(=O)O)c1ccc(O)cc1. The van der Waals surface area contributed by atoms with E-state index in [1.807, 2.05) is 0 Å². The smallest absolute Gasteiger partial charge is 0.411 e. The van der Waals surface area contributed by atoms with Crippen molar-refractivity contribution < 1.29 is 24.5 Å². The highest BCUT2D eigenvalue weighted by atomic mass is 16.6. The molecule has 0 saturated carbocycles. The molecule has 2 N–H and O–H groups in total. The van der Waals surface area contributed by atoms with Gasteiger partial charge < -0.3 is 14.9 Å². The third-order valence-electron chi connectivity index (χ3n) is 3.18. The molecule has 0 bridgehead atoms. The van der Waals surface area contributed by atoms with Gasteiger partial charge in [0.1, 0.15) is 11.4 Å². The standard InChI is InChI=1S/C15H21NO5/c1-14(2,3)21-13(20)16(5)15(4,12(18)19)10-6-8-11(17)9-7-10/h6-9,17H,1-5H3,(H,18,19). The first kappa shape index (κ1) is 16.8. The van der Waals surface area contributed by atoms with E-state index in [1.165, 1.54) is 38.2 Å². The third-order valence-corrected chi connectivity index (χ3v) is 3.18. The van der Waals surface area contributed by atoms with Crippen LogP contribution in [0.4, 0.5) is 4.79 Å². The highest BCUT2D eigenvalue weighted by Gasteiger charge is 2.43. The van der Waals surface area contributed by atoms with E-state index in [0.29, 0.717) is 5.56 Å². The van der Waals surface area contributed by atoms with Crippen LogP contribution in [0.3, 0.4) is 0 Å². The summed E-state index contributed by atoms with van der Waals surface area (Å²) in [5.41, 5.74) is -1.96. The maximum absolute atomic E-state index is 12.1. The zero-order valence-corrected chi connectivity index (χ0v) is 12.9. The van der Waals surface area contributed by atoms with E-state index in [-0.39, 0.29) is 5.75 Å². The van der Waals surface area contributed by atoms with E-state index in [0.717, 1.165) is 4.90 Å². The van der Waals surface area contributed by atoms with Crippen LogP contribution in [0.5, 0.6) is 5.75 Å². The number of amides is 1. The molecule has 0 fully saturated rings. The molecule has 0 heterocycles. The molecule has 0 aromatic heterocycles. The molecule has 0 aliphatic heterocycles. The van der Waals surface area contributed by atoms with Gasteiger partial charge in [-0.05, 0) is 45.4 Å². The molecule has 1 unspecified atom stereocenters. The van der Waals surface area contributed by atoms with Crippen LogP contribution in [-0.4, -0.2) is 39.8 Å². The van der Waals surface area contributed by atoms with E-state index in [4.69, 9.17) is 4.74 Å². The molecule has 0 radical (unpaired) electrons. The van der Waals surface area contributed by atoms with Crippen LogP contribution in [-0.2, 0) is 15.1 Å². The van der Waals surface area contributed by atoms with Crippen molar-refractivity contribution in [1.82, 2.24) is 4.90 Å². The predicted octanol–water partition coefficient (Wildman–Crippen LogP) is 2.56. The van der Waals surface area contributed by atoms with Gasteiger partial charge in [-0.25, -0.2) is 9.59 Å². The second-order valence-corrected chi connectivity index (χ2v) is 5.96. The highest BCUT2D eigenvalue weighted by Crippen LogP contribution is 2.30. The Morgan fingerprint density at radius 3 is 1.95 bits per heavy atom. The number of aromatic hydroxyl groups is 1. The predicted molar refractivity (Wildman–Crippen MR) is 77.1 cm³/mol. The largest absolute Gasteiger partial charge is 0.508 e. The molecule has 0 spiro atoms. The summed E-state index contributed by atoms with van der Waals surface area (Å²) < 4.78 is 5.22. The van der Waals surface area contributed by atoms with Crippen LogP contribution in [0.1, 0.15) is 33.3 Å². The van der Waals surface area contributed by atoms with Gasteiger partial charge >= 0.3 is 12.1 Å². The normalized spacial score (nSPS) is 14.1. The minimum Gasteiger partial charge on any atom is -0.508 e. The van der Waals surface area contributed by atoms with Crippen molar-refractivity contribution in [2.24, 2.45) is 0 Å². The Labute approximate surface area is 124 Å². The van der Waals surface area contributed by atoms with Crippen molar-refractivity contribution in [3.63, 3.8) is 0 Å². The van der Waals surface area contributed by atoms with Gasteiger partial charge in [-0.15, -0.1) is 0 Å². The lowest BCUT2D eigenvalue weighted by molar-refractivity contribution is -0.150. The summed E-state index contributed by atoms with van der Waals surface area (Å²) in [7, 11) is 1.37. The summed E-state index contributed by atoms with van der Waals surface area (Å²) >= 11 is 0. The van der Waals surface area contributed by atoms with Gasteiger partial charge in [0.2, 0.25) is 0 Å². The molecule has 0 aliphatic rings. The fourth-order valence-electron chi connectivity index (χ4n) is 1.76. The fourth-order valence-corrected chi connectivity index (χ4v) is 1.76. The first-order valence-corrected chi connectivity index (χ1v) is 6.48. The summed E-state index contributed by atoms with van der Waals surface area (Å²) in [6.45, 7) is 6.53. The van der Waals surface area contributed by atoms with Gasteiger partial charge in [-0.2, -0.15) is 0 Å².